The third-order valence-corrected chi connectivity index (χ3v) is 7.72. The maximum absolute atomic E-state index is 12.8. The van der Waals surface area contributed by atoms with Crippen molar-refractivity contribution in [3.8, 4) is 11.8 Å². The summed E-state index contributed by atoms with van der Waals surface area (Å²) < 4.78 is 33.8. The van der Waals surface area contributed by atoms with E-state index in [4.69, 9.17) is 23.6 Å². The average Bonchev–Trinajstić information content (AvgIpc) is 2.90. The predicted octanol–water partition coefficient (Wildman–Crippen LogP) is 1.85. The van der Waals surface area contributed by atoms with Gasteiger partial charge in [0.1, 0.15) is 30.1 Å². The summed E-state index contributed by atoms with van der Waals surface area (Å²) in [5.41, 5.74) is 1.02. The molecule has 5 atom stereocenters. The molecule has 0 spiro atoms. The fourth-order valence-corrected chi connectivity index (χ4v) is 5.49. The molecule has 2 aromatic carbocycles. The van der Waals surface area contributed by atoms with Gasteiger partial charge in [0.25, 0.3) is 5.91 Å². The van der Waals surface area contributed by atoms with Crippen molar-refractivity contribution in [2.75, 3.05) is 18.5 Å². The van der Waals surface area contributed by atoms with Crippen molar-refractivity contribution in [2.24, 2.45) is 0 Å². The Bertz CT molecular complexity index is 1250. The molecular formula is C25H29N2O11P. The van der Waals surface area contributed by atoms with Gasteiger partial charge in [-0.05, 0) is 43.7 Å². The number of aliphatic hydroxyl groups excluding tert-OH is 3. The Morgan fingerprint density at radius 1 is 1.03 bits per heavy atom. The van der Waals surface area contributed by atoms with Crippen LogP contribution in [-0.2, 0) is 29.3 Å². The van der Waals surface area contributed by atoms with Crippen molar-refractivity contribution < 1.29 is 53.1 Å². The van der Waals surface area contributed by atoms with Gasteiger partial charge in [0, 0.05) is 11.6 Å². The number of carbonyl (C=O) groups is 2. The molecule has 1 amide bonds. The van der Waals surface area contributed by atoms with E-state index in [9.17, 15) is 34.7 Å². The first kappa shape index (κ1) is 30.2. The van der Waals surface area contributed by atoms with Gasteiger partial charge in [-0.2, -0.15) is 5.26 Å². The number of amides is 1. The first-order chi connectivity index (χ1) is 18.5. The molecule has 0 aromatic heterocycles. The Morgan fingerprint density at radius 3 is 2.23 bits per heavy atom. The van der Waals surface area contributed by atoms with Crippen molar-refractivity contribution in [2.45, 2.75) is 50.7 Å². The fraction of sp³-hybridized carbons (Fsp3) is 0.400. The van der Waals surface area contributed by atoms with Gasteiger partial charge in [-0.3, -0.25) is 9.36 Å². The highest BCUT2D eigenvalue weighted by molar-refractivity contribution is 7.53. The molecule has 14 heteroatoms. The molecule has 1 aliphatic heterocycles. The number of nitrogens with zero attached hydrogens (tertiary/aromatic N) is 1. The van der Waals surface area contributed by atoms with E-state index in [2.05, 4.69) is 5.32 Å². The Morgan fingerprint density at radius 2 is 1.67 bits per heavy atom. The van der Waals surface area contributed by atoms with Crippen LogP contribution in [0.2, 0.25) is 0 Å². The third-order valence-electron chi connectivity index (χ3n) is 5.67. The topological polar surface area (TPSA) is 205 Å². The number of ether oxygens (including phenoxy) is 2. The van der Waals surface area contributed by atoms with Gasteiger partial charge in [0.2, 0.25) is 6.29 Å². The largest absolute Gasteiger partial charge is 0.479 e. The van der Waals surface area contributed by atoms with Crippen LogP contribution < -0.4 is 10.1 Å². The highest BCUT2D eigenvalue weighted by atomic mass is 31.2. The fourth-order valence-electron chi connectivity index (χ4n) is 3.78. The number of carbonyl (C=O) groups excluding carboxylic acids is 1. The molecule has 0 radical (unpaired) electrons. The Hall–Kier alpha value is -3.34. The van der Waals surface area contributed by atoms with Crippen molar-refractivity contribution in [1.82, 2.24) is 0 Å². The van der Waals surface area contributed by atoms with E-state index in [1.165, 1.54) is 30.3 Å². The van der Waals surface area contributed by atoms with Crippen LogP contribution >= 0.6 is 7.60 Å². The van der Waals surface area contributed by atoms with Gasteiger partial charge in [0.05, 0.1) is 30.6 Å². The minimum atomic E-state index is -3.31. The lowest BCUT2D eigenvalue weighted by Gasteiger charge is -2.38. The molecule has 0 aliphatic carbocycles. The number of nitriles is 1. The number of anilines is 1. The molecule has 39 heavy (non-hydrogen) atoms. The number of aliphatic carboxylic acids is 1. The van der Waals surface area contributed by atoms with E-state index in [0.717, 1.165) is 0 Å². The minimum absolute atomic E-state index is 0.0208. The van der Waals surface area contributed by atoms with Crippen LogP contribution in [0.1, 0.15) is 35.3 Å². The summed E-state index contributed by atoms with van der Waals surface area (Å²) in [6, 6.07) is 12.1. The average molecular weight is 564 g/mol. The SMILES string of the molecule is CCOP(=O)(Cc1ccc(C(=O)Nc2ccc(O[C@@H]3O[C@H](C(=O)O)[C@@H](O)[C@H](O)[C@H]3O)cc2C#N)cc1)OCC. The molecule has 13 nitrogen and oxygen atoms in total. The zero-order valence-corrected chi connectivity index (χ0v) is 22.0. The number of benzene rings is 2. The van der Waals surface area contributed by atoms with E-state index in [1.54, 1.807) is 26.0 Å². The number of nitrogens with one attached hydrogen (secondary N) is 1. The number of hydrogen-bond acceptors (Lipinski definition) is 11. The third kappa shape index (κ3) is 7.40. The smallest absolute Gasteiger partial charge is 0.335 e. The standard InChI is InChI=1S/C25H29N2O11P/c1-3-35-39(34,36-4-2)13-14-5-7-15(8-6-14)23(31)27-18-10-9-17(11-16(18)12-26)37-25-21(30)19(28)20(29)22(38-25)24(32)33/h5-11,19-22,25,28-30H,3-4,13H2,1-2H3,(H,27,31)(H,32,33)/t19-,20-,21+,22-,25+/m0/s1. The number of carboxylic acid groups (broad SMARTS) is 1. The lowest BCUT2D eigenvalue weighted by Crippen LogP contribution is -2.61. The highest BCUT2D eigenvalue weighted by Gasteiger charge is 2.48. The summed E-state index contributed by atoms with van der Waals surface area (Å²) in [6.07, 6.45) is -8.97. The van der Waals surface area contributed by atoms with Gasteiger partial charge in [-0.25, -0.2) is 4.79 Å². The van der Waals surface area contributed by atoms with Crippen LogP contribution in [0.25, 0.3) is 0 Å². The van der Waals surface area contributed by atoms with E-state index >= 15 is 0 Å². The van der Waals surface area contributed by atoms with Crippen LogP contribution in [0, 0.1) is 11.3 Å². The molecule has 2 aromatic rings. The number of hydrogen-bond donors (Lipinski definition) is 5. The molecule has 3 rings (SSSR count). The maximum atomic E-state index is 12.8. The normalized spacial score (nSPS) is 23.0. The first-order valence-corrected chi connectivity index (χ1v) is 13.7. The molecule has 1 fully saturated rings. The van der Waals surface area contributed by atoms with E-state index in [1.807, 2.05) is 6.07 Å². The second-order valence-electron chi connectivity index (χ2n) is 8.43. The van der Waals surface area contributed by atoms with Crippen molar-refractivity contribution >= 4 is 25.2 Å². The summed E-state index contributed by atoms with van der Waals surface area (Å²) in [7, 11) is -3.31. The molecular weight excluding hydrogens is 535 g/mol. The molecule has 5 N–H and O–H groups in total. The van der Waals surface area contributed by atoms with Gasteiger partial charge in [0.15, 0.2) is 6.10 Å². The van der Waals surface area contributed by atoms with Crippen LogP contribution in [0.3, 0.4) is 0 Å². The molecule has 1 heterocycles. The molecule has 1 aliphatic rings. The van der Waals surface area contributed by atoms with Crippen LogP contribution in [0.4, 0.5) is 5.69 Å². The summed E-state index contributed by atoms with van der Waals surface area (Å²) in [4.78, 5) is 24.1. The van der Waals surface area contributed by atoms with E-state index in [-0.39, 0.29) is 41.9 Å². The minimum Gasteiger partial charge on any atom is -0.479 e. The molecule has 210 valence electrons. The molecule has 1 saturated heterocycles. The zero-order valence-electron chi connectivity index (χ0n) is 21.1. The lowest BCUT2D eigenvalue weighted by molar-refractivity contribution is -0.271. The van der Waals surface area contributed by atoms with Crippen molar-refractivity contribution in [3.05, 3.63) is 59.2 Å². The van der Waals surface area contributed by atoms with Gasteiger partial charge >= 0.3 is 13.6 Å². The van der Waals surface area contributed by atoms with Gasteiger partial charge < -0.3 is 44.3 Å². The van der Waals surface area contributed by atoms with Crippen LogP contribution in [0.15, 0.2) is 42.5 Å². The summed E-state index contributed by atoms with van der Waals surface area (Å²) in [6.45, 7) is 3.88. The quantitative estimate of drug-likeness (QED) is 0.248. The summed E-state index contributed by atoms with van der Waals surface area (Å²) >= 11 is 0. The summed E-state index contributed by atoms with van der Waals surface area (Å²) in [5, 5.41) is 51.2. The zero-order chi connectivity index (χ0) is 28.7. The summed E-state index contributed by atoms with van der Waals surface area (Å²) in [5.74, 6) is -2.13. The molecule has 0 unspecified atom stereocenters. The predicted molar refractivity (Wildman–Crippen MR) is 135 cm³/mol. The molecule has 0 saturated carbocycles. The first-order valence-electron chi connectivity index (χ1n) is 11.9. The number of aliphatic hydroxyl groups is 3. The van der Waals surface area contributed by atoms with Gasteiger partial charge in [-0.1, -0.05) is 12.1 Å². The number of carboxylic acids is 1. The highest BCUT2D eigenvalue weighted by Crippen LogP contribution is 2.51. The van der Waals surface area contributed by atoms with Crippen LogP contribution in [0.5, 0.6) is 5.75 Å². The second kappa shape index (κ2) is 13.1. The second-order valence-corrected chi connectivity index (χ2v) is 10.5. The Labute approximate surface area is 224 Å². The maximum Gasteiger partial charge on any atom is 0.335 e. The van der Waals surface area contributed by atoms with Crippen molar-refractivity contribution in [1.29, 1.82) is 5.26 Å². The van der Waals surface area contributed by atoms with Gasteiger partial charge in [-0.15, -0.1) is 0 Å². The lowest BCUT2D eigenvalue weighted by atomic mass is 9.99. The van der Waals surface area contributed by atoms with Crippen LogP contribution in [-0.4, -0.2) is 76.2 Å². The number of rotatable bonds is 11. The Balaban J connectivity index is 1.70. The van der Waals surface area contributed by atoms with E-state index < -0.39 is 50.2 Å². The van der Waals surface area contributed by atoms with Crippen molar-refractivity contribution in [3.63, 3.8) is 0 Å². The molecule has 0 bridgehead atoms. The Kier molecular flexibility index (Phi) is 10.2. The monoisotopic (exact) mass is 564 g/mol. The van der Waals surface area contributed by atoms with E-state index in [0.29, 0.717) is 5.56 Å².